The van der Waals surface area contributed by atoms with Gasteiger partial charge < -0.3 is 24.5 Å². The molecule has 0 spiro atoms. The fourth-order valence-corrected chi connectivity index (χ4v) is 2.00. The molecule has 2 N–H and O–H groups in total. The van der Waals surface area contributed by atoms with Crippen molar-refractivity contribution in [2.75, 3.05) is 7.11 Å². The lowest BCUT2D eigenvalue weighted by atomic mass is 9.78. The highest BCUT2D eigenvalue weighted by Crippen LogP contribution is 2.37. The van der Waals surface area contributed by atoms with E-state index in [1.54, 1.807) is 18.2 Å². The van der Waals surface area contributed by atoms with Gasteiger partial charge in [0.2, 0.25) is 0 Å². The Hall–Kier alpha value is -1.73. The average Bonchev–Trinajstić information content (AvgIpc) is 2.57. The van der Waals surface area contributed by atoms with Gasteiger partial charge in [0.15, 0.2) is 0 Å². The molecule has 1 aromatic carbocycles. The van der Waals surface area contributed by atoms with Crippen LogP contribution in [0, 0.1) is 0 Å². The standard InChI is InChI=1S/C14H20BNO5/c1-13(2)14(3,4)21-15(20-13)10-7-6-9(18-5)8-11(10)19-12(16)17/h6-8H,1-5H3,(H2,16,17). The van der Waals surface area contributed by atoms with Gasteiger partial charge in [-0.2, -0.15) is 0 Å². The Morgan fingerprint density at radius 3 is 2.24 bits per heavy atom. The summed E-state index contributed by atoms with van der Waals surface area (Å²) in [5.41, 5.74) is 4.73. The average molecular weight is 293 g/mol. The number of hydrogen-bond donors (Lipinski definition) is 1. The third-order valence-corrected chi connectivity index (χ3v) is 3.94. The van der Waals surface area contributed by atoms with E-state index in [1.807, 2.05) is 27.7 Å². The molecule has 1 amide bonds. The predicted molar refractivity (Wildman–Crippen MR) is 78.9 cm³/mol. The summed E-state index contributed by atoms with van der Waals surface area (Å²) in [5, 5.41) is 0. The molecule has 1 heterocycles. The highest BCUT2D eigenvalue weighted by molar-refractivity contribution is 6.63. The van der Waals surface area contributed by atoms with Gasteiger partial charge in [0.25, 0.3) is 0 Å². The summed E-state index contributed by atoms with van der Waals surface area (Å²) in [6.07, 6.45) is -0.902. The Balaban J connectivity index is 2.38. The van der Waals surface area contributed by atoms with Crippen LogP contribution in [0.5, 0.6) is 11.5 Å². The molecular weight excluding hydrogens is 273 g/mol. The molecule has 2 rings (SSSR count). The maximum Gasteiger partial charge on any atom is 0.498 e. The maximum atomic E-state index is 11.1. The fourth-order valence-electron chi connectivity index (χ4n) is 2.00. The van der Waals surface area contributed by atoms with E-state index in [2.05, 4.69) is 0 Å². The Morgan fingerprint density at radius 2 is 1.76 bits per heavy atom. The van der Waals surface area contributed by atoms with E-state index < -0.39 is 24.4 Å². The minimum atomic E-state index is -0.902. The first kappa shape index (κ1) is 15.7. The zero-order valence-electron chi connectivity index (χ0n) is 12.9. The van der Waals surface area contributed by atoms with Crippen LogP contribution in [0.3, 0.4) is 0 Å². The molecule has 114 valence electrons. The molecule has 0 atom stereocenters. The summed E-state index contributed by atoms with van der Waals surface area (Å²) in [6, 6.07) is 5.05. The summed E-state index contributed by atoms with van der Waals surface area (Å²) in [4.78, 5) is 11.1. The van der Waals surface area contributed by atoms with Crippen molar-refractivity contribution < 1.29 is 23.6 Å². The van der Waals surface area contributed by atoms with E-state index in [9.17, 15) is 4.79 Å². The molecule has 0 aromatic heterocycles. The fraction of sp³-hybridized carbons (Fsp3) is 0.500. The van der Waals surface area contributed by atoms with Crippen LogP contribution >= 0.6 is 0 Å². The normalized spacial score (nSPS) is 19.4. The second-order valence-corrected chi connectivity index (χ2v) is 5.91. The third-order valence-electron chi connectivity index (χ3n) is 3.94. The molecule has 1 saturated heterocycles. The molecule has 0 aliphatic carbocycles. The van der Waals surface area contributed by atoms with Crippen molar-refractivity contribution >= 4 is 18.7 Å². The lowest BCUT2D eigenvalue weighted by Gasteiger charge is -2.32. The van der Waals surface area contributed by atoms with E-state index in [4.69, 9.17) is 24.5 Å². The number of amides is 1. The molecule has 0 unspecified atom stereocenters. The minimum Gasteiger partial charge on any atom is -0.497 e. The number of carbonyl (C=O) groups excluding carboxylic acids is 1. The van der Waals surface area contributed by atoms with E-state index in [-0.39, 0.29) is 5.75 Å². The van der Waals surface area contributed by atoms with Gasteiger partial charge >= 0.3 is 13.2 Å². The summed E-state index contributed by atoms with van der Waals surface area (Å²) in [6.45, 7) is 7.80. The van der Waals surface area contributed by atoms with Crippen LogP contribution in [0.4, 0.5) is 4.79 Å². The van der Waals surface area contributed by atoms with E-state index >= 15 is 0 Å². The van der Waals surface area contributed by atoms with Crippen molar-refractivity contribution in [3.8, 4) is 11.5 Å². The number of carbonyl (C=O) groups is 1. The first-order chi connectivity index (χ1) is 9.66. The largest absolute Gasteiger partial charge is 0.498 e. The van der Waals surface area contributed by atoms with Crippen molar-refractivity contribution in [3.05, 3.63) is 18.2 Å². The Bertz CT molecular complexity index is 542. The quantitative estimate of drug-likeness (QED) is 0.853. The van der Waals surface area contributed by atoms with Crippen LogP contribution in [0.2, 0.25) is 0 Å². The molecule has 0 bridgehead atoms. The SMILES string of the molecule is COc1ccc(B2OC(C)(C)C(C)(C)O2)c(OC(N)=O)c1. The smallest absolute Gasteiger partial charge is 0.497 e. The van der Waals surface area contributed by atoms with Crippen LogP contribution in [-0.2, 0) is 9.31 Å². The van der Waals surface area contributed by atoms with Crippen LogP contribution in [0.25, 0.3) is 0 Å². The van der Waals surface area contributed by atoms with Gasteiger partial charge in [0.05, 0.1) is 18.3 Å². The van der Waals surface area contributed by atoms with Crippen LogP contribution in [0.1, 0.15) is 27.7 Å². The molecule has 21 heavy (non-hydrogen) atoms. The molecular formula is C14H20BNO5. The highest BCUT2D eigenvalue weighted by atomic mass is 16.7. The third kappa shape index (κ3) is 2.98. The van der Waals surface area contributed by atoms with E-state index in [0.29, 0.717) is 11.2 Å². The lowest BCUT2D eigenvalue weighted by Crippen LogP contribution is -2.41. The molecule has 6 nitrogen and oxygen atoms in total. The molecule has 1 aliphatic heterocycles. The topological polar surface area (TPSA) is 80.0 Å². The van der Waals surface area contributed by atoms with Crippen molar-refractivity contribution in [2.45, 2.75) is 38.9 Å². The first-order valence-corrected chi connectivity index (χ1v) is 6.67. The van der Waals surface area contributed by atoms with Gasteiger partial charge in [-0.3, -0.25) is 0 Å². The number of methoxy groups -OCH3 is 1. The minimum absolute atomic E-state index is 0.264. The maximum absolute atomic E-state index is 11.1. The summed E-state index contributed by atoms with van der Waals surface area (Å²) < 4.78 is 22.1. The monoisotopic (exact) mass is 293 g/mol. The van der Waals surface area contributed by atoms with Crippen LogP contribution in [0.15, 0.2) is 18.2 Å². The lowest BCUT2D eigenvalue weighted by molar-refractivity contribution is 0.00578. The summed E-state index contributed by atoms with van der Waals surface area (Å²) in [7, 11) is 0.882. The van der Waals surface area contributed by atoms with Gasteiger partial charge in [0, 0.05) is 11.5 Å². The van der Waals surface area contributed by atoms with Gasteiger partial charge in [-0.1, -0.05) is 6.07 Å². The molecule has 1 aromatic rings. The molecule has 1 fully saturated rings. The number of nitrogens with two attached hydrogens (primary N) is 1. The zero-order chi connectivity index (χ0) is 15.8. The van der Waals surface area contributed by atoms with Gasteiger partial charge in [-0.05, 0) is 33.8 Å². The highest BCUT2D eigenvalue weighted by Gasteiger charge is 2.52. The van der Waals surface area contributed by atoms with Crippen molar-refractivity contribution in [1.29, 1.82) is 0 Å². The second kappa shape index (κ2) is 5.24. The number of benzene rings is 1. The Morgan fingerprint density at radius 1 is 1.19 bits per heavy atom. The molecule has 7 heteroatoms. The zero-order valence-corrected chi connectivity index (χ0v) is 12.9. The van der Waals surface area contributed by atoms with Gasteiger partial charge in [0.1, 0.15) is 11.5 Å². The number of rotatable bonds is 3. The van der Waals surface area contributed by atoms with E-state index in [1.165, 1.54) is 7.11 Å². The van der Waals surface area contributed by atoms with Crippen molar-refractivity contribution in [3.63, 3.8) is 0 Å². The number of ether oxygens (including phenoxy) is 2. The summed E-state index contributed by atoms with van der Waals surface area (Å²) >= 11 is 0. The Labute approximate surface area is 124 Å². The van der Waals surface area contributed by atoms with Crippen molar-refractivity contribution in [2.24, 2.45) is 5.73 Å². The van der Waals surface area contributed by atoms with Crippen LogP contribution < -0.4 is 20.7 Å². The molecule has 0 saturated carbocycles. The molecule has 1 aliphatic rings. The van der Waals surface area contributed by atoms with Crippen LogP contribution in [-0.4, -0.2) is 31.5 Å². The number of hydrogen-bond acceptors (Lipinski definition) is 5. The second-order valence-electron chi connectivity index (χ2n) is 5.91. The van der Waals surface area contributed by atoms with Gasteiger partial charge in [-0.25, -0.2) is 4.79 Å². The van der Waals surface area contributed by atoms with Crippen molar-refractivity contribution in [1.82, 2.24) is 0 Å². The number of primary amides is 1. The molecule has 0 radical (unpaired) electrons. The first-order valence-electron chi connectivity index (χ1n) is 6.67. The Kier molecular flexibility index (Phi) is 3.90. The summed E-state index contributed by atoms with van der Waals surface area (Å²) in [5.74, 6) is 0.812. The van der Waals surface area contributed by atoms with Gasteiger partial charge in [-0.15, -0.1) is 0 Å². The van der Waals surface area contributed by atoms with E-state index in [0.717, 1.165) is 0 Å². The predicted octanol–water partition coefficient (Wildman–Crippen LogP) is 1.45.